The normalized spacial score (nSPS) is 18.4. The zero-order valence-electron chi connectivity index (χ0n) is 12.1. The number of hydrogen-bond acceptors (Lipinski definition) is 4. The highest BCUT2D eigenvalue weighted by Gasteiger charge is 2.32. The number of hydrogen-bond donors (Lipinski definition) is 0. The van der Waals surface area contributed by atoms with Crippen LogP contribution in [0.25, 0.3) is 6.08 Å². The molecular formula is C17H15N3OS. The Morgan fingerprint density at radius 3 is 2.73 bits per heavy atom. The van der Waals surface area contributed by atoms with Gasteiger partial charge in [0.05, 0.1) is 16.8 Å². The summed E-state index contributed by atoms with van der Waals surface area (Å²) in [6, 6.07) is 13.5. The maximum atomic E-state index is 12.5. The number of carbonyl (C=O) groups is 1. The van der Waals surface area contributed by atoms with Gasteiger partial charge in [-0.05, 0) is 42.5 Å². The second-order valence-corrected chi connectivity index (χ2v) is 5.69. The molecule has 1 fully saturated rings. The van der Waals surface area contributed by atoms with Crippen LogP contribution in [-0.2, 0) is 4.79 Å². The highest BCUT2D eigenvalue weighted by Crippen LogP contribution is 2.33. The molecule has 0 radical (unpaired) electrons. The van der Waals surface area contributed by atoms with E-state index in [2.05, 4.69) is 9.98 Å². The van der Waals surface area contributed by atoms with Crippen LogP contribution >= 0.6 is 11.8 Å². The number of amidine groups is 1. The molecule has 22 heavy (non-hydrogen) atoms. The number of nitrogens with zero attached hydrogens (tertiary/aromatic N) is 3. The van der Waals surface area contributed by atoms with Gasteiger partial charge < -0.3 is 0 Å². The lowest BCUT2D eigenvalue weighted by molar-refractivity contribution is -0.122. The van der Waals surface area contributed by atoms with Crippen molar-refractivity contribution in [2.75, 3.05) is 6.54 Å². The second-order valence-electron chi connectivity index (χ2n) is 4.68. The van der Waals surface area contributed by atoms with Crippen LogP contribution < -0.4 is 0 Å². The van der Waals surface area contributed by atoms with E-state index >= 15 is 0 Å². The number of aromatic nitrogens is 1. The van der Waals surface area contributed by atoms with Gasteiger partial charge in [0.2, 0.25) is 0 Å². The van der Waals surface area contributed by atoms with Crippen molar-refractivity contribution in [2.45, 2.75) is 6.92 Å². The predicted octanol–water partition coefficient (Wildman–Crippen LogP) is 3.71. The molecule has 110 valence electrons. The number of aliphatic imine (C=N–C) groups is 1. The third-order valence-corrected chi connectivity index (χ3v) is 4.18. The first kappa shape index (κ1) is 14.5. The maximum absolute atomic E-state index is 12.5. The van der Waals surface area contributed by atoms with Gasteiger partial charge in [-0.15, -0.1) is 0 Å². The minimum Gasteiger partial charge on any atom is -0.287 e. The molecule has 0 bridgehead atoms. The van der Waals surface area contributed by atoms with Crippen LogP contribution in [0.2, 0.25) is 0 Å². The molecule has 0 aliphatic carbocycles. The van der Waals surface area contributed by atoms with Crippen LogP contribution in [0.1, 0.15) is 12.5 Å². The summed E-state index contributed by atoms with van der Waals surface area (Å²) in [7, 11) is 0. The summed E-state index contributed by atoms with van der Waals surface area (Å²) < 4.78 is 0. The molecule has 1 aromatic heterocycles. The second kappa shape index (κ2) is 6.58. The molecule has 1 saturated heterocycles. The average molecular weight is 309 g/mol. The average Bonchev–Trinajstić information content (AvgIpc) is 2.84. The van der Waals surface area contributed by atoms with E-state index in [4.69, 9.17) is 0 Å². The Labute approximate surface area is 133 Å². The van der Waals surface area contributed by atoms with Crippen molar-refractivity contribution in [3.63, 3.8) is 0 Å². The highest BCUT2D eigenvalue weighted by atomic mass is 32.2. The fourth-order valence-electron chi connectivity index (χ4n) is 2.10. The van der Waals surface area contributed by atoms with Gasteiger partial charge >= 0.3 is 0 Å². The SMILES string of the molecule is CCN1C(=O)/C(=C/c2ccccc2)SC1=Nc1cccnc1. The van der Waals surface area contributed by atoms with Gasteiger partial charge in [0, 0.05) is 12.7 Å². The summed E-state index contributed by atoms with van der Waals surface area (Å²) in [4.78, 5) is 23.4. The summed E-state index contributed by atoms with van der Waals surface area (Å²) in [5.74, 6) is -0.000932. The molecule has 0 unspecified atom stereocenters. The fourth-order valence-corrected chi connectivity index (χ4v) is 3.16. The van der Waals surface area contributed by atoms with Crippen molar-refractivity contribution in [1.82, 2.24) is 9.88 Å². The van der Waals surface area contributed by atoms with Crippen LogP contribution in [-0.4, -0.2) is 27.5 Å². The fraction of sp³-hybridized carbons (Fsp3) is 0.118. The Bertz CT molecular complexity index is 726. The van der Waals surface area contributed by atoms with Gasteiger partial charge in [-0.25, -0.2) is 4.99 Å². The van der Waals surface area contributed by atoms with E-state index in [1.807, 2.05) is 55.5 Å². The molecule has 5 heteroatoms. The van der Waals surface area contributed by atoms with E-state index in [0.29, 0.717) is 16.6 Å². The monoisotopic (exact) mass is 309 g/mol. The van der Waals surface area contributed by atoms with Crippen LogP contribution in [0, 0.1) is 0 Å². The van der Waals surface area contributed by atoms with Crippen molar-refractivity contribution in [1.29, 1.82) is 0 Å². The van der Waals surface area contributed by atoms with E-state index in [-0.39, 0.29) is 5.91 Å². The first-order chi connectivity index (χ1) is 10.8. The van der Waals surface area contributed by atoms with Crippen LogP contribution in [0.4, 0.5) is 5.69 Å². The molecule has 0 N–H and O–H groups in total. The lowest BCUT2D eigenvalue weighted by atomic mass is 10.2. The van der Waals surface area contributed by atoms with E-state index in [0.717, 1.165) is 11.3 Å². The highest BCUT2D eigenvalue weighted by molar-refractivity contribution is 8.18. The summed E-state index contributed by atoms with van der Waals surface area (Å²) in [5.41, 5.74) is 1.76. The van der Waals surface area contributed by atoms with Gasteiger partial charge in [0.25, 0.3) is 5.91 Å². The summed E-state index contributed by atoms with van der Waals surface area (Å²) in [6.45, 7) is 2.54. The van der Waals surface area contributed by atoms with Crippen molar-refractivity contribution in [3.05, 3.63) is 65.3 Å². The zero-order valence-corrected chi connectivity index (χ0v) is 13.0. The maximum Gasteiger partial charge on any atom is 0.266 e. The Hall–Kier alpha value is -2.40. The van der Waals surface area contributed by atoms with Gasteiger partial charge in [0.1, 0.15) is 0 Å². The molecule has 0 spiro atoms. The Kier molecular flexibility index (Phi) is 4.34. The summed E-state index contributed by atoms with van der Waals surface area (Å²) in [5, 5.41) is 0.697. The molecule has 2 aromatic rings. The Morgan fingerprint density at radius 2 is 2.05 bits per heavy atom. The zero-order chi connectivity index (χ0) is 15.4. The minimum absolute atomic E-state index is 0.000932. The molecule has 1 aliphatic heterocycles. The van der Waals surface area contributed by atoms with E-state index in [9.17, 15) is 4.79 Å². The van der Waals surface area contributed by atoms with E-state index in [1.54, 1.807) is 17.3 Å². The number of carbonyl (C=O) groups excluding carboxylic acids is 1. The van der Waals surface area contributed by atoms with Crippen molar-refractivity contribution >= 4 is 34.6 Å². The van der Waals surface area contributed by atoms with E-state index < -0.39 is 0 Å². The number of rotatable bonds is 3. The van der Waals surface area contributed by atoms with Crippen LogP contribution in [0.3, 0.4) is 0 Å². The number of benzene rings is 1. The lowest BCUT2D eigenvalue weighted by Gasteiger charge is -2.11. The molecule has 1 aliphatic rings. The van der Waals surface area contributed by atoms with Gasteiger partial charge in [0.15, 0.2) is 5.17 Å². The Morgan fingerprint density at radius 1 is 1.23 bits per heavy atom. The molecular weight excluding hydrogens is 294 g/mol. The van der Waals surface area contributed by atoms with Gasteiger partial charge in [-0.1, -0.05) is 30.3 Å². The quantitative estimate of drug-likeness (QED) is 0.812. The van der Waals surface area contributed by atoms with Gasteiger partial charge in [-0.2, -0.15) is 0 Å². The Balaban J connectivity index is 1.92. The number of pyridine rings is 1. The number of likely N-dealkylation sites (N-methyl/N-ethyl adjacent to an activating group) is 1. The first-order valence-electron chi connectivity index (χ1n) is 7.03. The summed E-state index contributed by atoms with van der Waals surface area (Å²) >= 11 is 1.40. The number of amides is 1. The molecule has 3 rings (SSSR count). The third kappa shape index (κ3) is 3.09. The third-order valence-electron chi connectivity index (χ3n) is 3.17. The molecule has 1 aromatic carbocycles. The predicted molar refractivity (Wildman–Crippen MR) is 90.7 cm³/mol. The molecule has 0 atom stereocenters. The summed E-state index contributed by atoms with van der Waals surface area (Å²) in [6.07, 6.45) is 5.29. The van der Waals surface area contributed by atoms with Crippen LogP contribution in [0.5, 0.6) is 0 Å². The standard InChI is InChI=1S/C17H15N3OS/c1-2-20-16(21)15(11-13-7-4-3-5-8-13)22-17(20)19-14-9-6-10-18-12-14/h3-12H,2H2,1H3/b15-11-,19-17?. The molecule has 1 amide bonds. The largest absolute Gasteiger partial charge is 0.287 e. The minimum atomic E-state index is -0.000932. The van der Waals surface area contributed by atoms with Crippen molar-refractivity contribution < 1.29 is 4.79 Å². The first-order valence-corrected chi connectivity index (χ1v) is 7.85. The molecule has 2 heterocycles. The van der Waals surface area contributed by atoms with Crippen LogP contribution in [0.15, 0.2) is 64.8 Å². The lowest BCUT2D eigenvalue weighted by Crippen LogP contribution is -2.28. The van der Waals surface area contributed by atoms with Gasteiger partial charge in [-0.3, -0.25) is 14.7 Å². The smallest absolute Gasteiger partial charge is 0.266 e. The topological polar surface area (TPSA) is 45.6 Å². The molecule has 4 nitrogen and oxygen atoms in total. The van der Waals surface area contributed by atoms with E-state index in [1.165, 1.54) is 11.8 Å². The van der Waals surface area contributed by atoms with Crippen molar-refractivity contribution in [3.8, 4) is 0 Å². The number of thioether (sulfide) groups is 1. The van der Waals surface area contributed by atoms with Crippen molar-refractivity contribution in [2.24, 2.45) is 4.99 Å². The molecule has 0 saturated carbocycles.